The lowest BCUT2D eigenvalue weighted by molar-refractivity contribution is -0.139. The molecule has 0 aliphatic carbocycles. The number of rotatable bonds is 12. The third-order valence-electron chi connectivity index (χ3n) is 3.14. The molecule has 0 atom stereocenters. The molecule has 0 heterocycles. The SMILES string of the molecule is C=C(C)C(=O)OCCCCCCC[Si](OC)(OC)OC. The Morgan fingerprint density at radius 2 is 1.45 bits per heavy atom. The van der Waals surface area contributed by atoms with Crippen LogP contribution in [0.5, 0.6) is 0 Å². The van der Waals surface area contributed by atoms with Gasteiger partial charge in [-0.3, -0.25) is 0 Å². The van der Waals surface area contributed by atoms with Gasteiger partial charge in [0.2, 0.25) is 0 Å². The van der Waals surface area contributed by atoms with Crippen LogP contribution >= 0.6 is 0 Å². The van der Waals surface area contributed by atoms with Gasteiger partial charge in [-0.05, 0) is 19.8 Å². The second kappa shape index (κ2) is 11.0. The zero-order valence-corrected chi connectivity index (χ0v) is 14.2. The number of ether oxygens (including phenoxy) is 1. The molecule has 0 aromatic carbocycles. The van der Waals surface area contributed by atoms with Crippen LogP contribution in [-0.4, -0.2) is 42.7 Å². The Morgan fingerprint density at radius 3 is 1.95 bits per heavy atom. The van der Waals surface area contributed by atoms with Gasteiger partial charge >= 0.3 is 14.8 Å². The second-order valence-electron chi connectivity index (χ2n) is 4.73. The number of unbranched alkanes of at least 4 members (excludes halogenated alkanes) is 4. The molecule has 0 amide bonds. The van der Waals surface area contributed by atoms with Crippen molar-refractivity contribution in [2.45, 2.75) is 45.1 Å². The fourth-order valence-electron chi connectivity index (χ4n) is 1.82. The first-order valence-electron chi connectivity index (χ1n) is 6.99. The lowest BCUT2D eigenvalue weighted by atomic mass is 10.2. The van der Waals surface area contributed by atoms with Crippen LogP contribution in [0.4, 0.5) is 0 Å². The Hall–Kier alpha value is -0.693. The van der Waals surface area contributed by atoms with Crippen molar-refractivity contribution in [2.75, 3.05) is 27.9 Å². The number of carbonyl (C=O) groups is 1. The Kier molecular flexibility index (Phi) is 10.6. The van der Waals surface area contributed by atoms with E-state index in [0.29, 0.717) is 12.2 Å². The van der Waals surface area contributed by atoms with Gasteiger partial charge in [0.15, 0.2) is 0 Å². The van der Waals surface area contributed by atoms with Crippen molar-refractivity contribution >= 4 is 14.8 Å². The van der Waals surface area contributed by atoms with Gasteiger partial charge in [-0.1, -0.05) is 25.8 Å². The summed E-state index contributed by atoms with van der Waals surface area (Å²) in [6.45, 7) is 5.66. The van der Waals surface area contributed by atoms with E-state index in [1.165, 1.54) is 0 Å². The summed E-state index contributed by atoms with van der Waals surface area (Å²) in [5.74, 6) is -0.305. The van der Waals surface area contributed by atoms with Gasteiger partial charge in [-0.25, -0.2) is 4.79 Å². The molecule has 0 fully saturated rings. The molecule has 0 saturated heterocycles. The third kappa shape index (κ3) is 7.79. The van der Waals surface area contributed by atoms with E-state index in [4.69, 9.17) is 18.0 Å². The van der Waals surface area contributed by atoms with E-state index in [9.17, 15) is 4.79 Å². The van der Waals surface area contributed by atoms with Crippen molar-refractivity contribution in [2.24, 2.45) is 0 Å². The van der Waals surface area contributed by atoms with E-state index in [1.54, 1.807) is 28.3 Å². The minimum absolute atomic E-state index is 0.305. The third-order valence-corrected chi connectivity index (χ3v) is 5.97. The first-order valence-corrected chi connectivity index (χ1v) is 8.92. The Balaban J connectivity index is 3.54. The van der Waals surface area contributed by atoms with Crippen molar-refractivity contribution in [1.29, 1.82) is 0 Å². The molecule has 0 N–H and O–H groups in total. The zero-order valence-electron chi connectivity index (χ0n) is 13.2. The topological polar surface area (TPSA) is 54.0 Å². The van der Waals surface area contributed by atoms with Crippen molar-refractivity contribution in [3.63, 3.8) is 0 Å². The van der Waals surface area contributed by atoms with Gasteiger partial charge < -0.3 is 18.0 Å². The van der Waals surface area contributed by atoms with E-state index in [-0.39, 0.29) is 5.97 Å². The summed E-state index contributed by atoms with van der Waals surface area (Å²) in [6, 6.07) is 0.834. The molecule has 118 valence electrons. The van der Waals surface area contributed by atoms with Crippen LogP contribution < -0.4 is 0 Å². The van der Waals surface area contributed by atoms with E-state index >= 15 is 0 Å². The standard InChI is InChI=1S/C14H28O5Si/c1-13(2)14(15)19-11-9-7-6-8-10-12-20(16-3,17-4)18-5/h1,6-12H2,2-5H3. The summed E-state index contributed by atoms with van der Waals surface area (Å²) >= 11 is 0. The molecular weight excluding hydrogens is 276 g/mol. The van der Waals surface area contributed by atoms with E-state index < -0.39 is 8.80 Å². The molecular formula is C14H28O5Si. The highest BCUT2D eigenvalue weighted by molar-refractivity contribution is 6.60. The quantitative estimate of drug-likeness (QED) is 0.240. The van der Waals surface area contributed by atoms with Crippen molar-refractivity contribution in [3.8, 4) is 0 Å². The van der Waals surface area contributed by atoms with Crippen LogP contribution in [0.25, 0.3) is 0 Å². The van der Waals surface area contributed by atoms with Crippen LogP contribution in [0.15, 0.2) is 12.2 Å². The Labute approximate surface area is 123 Å². The lowest BCUT2D eigenvalue weighted by Gasteiger charge is -2.24. The fraction of sp³-hybridized carbons (Fsp3) is 0.786. The molecule has 0 rings (SSSR count). The molecule has 0 spiro atoms. The number of hydrogen-bond donors (Lipinski definition) is 0. The molecule has 0 aromatic rings. The molecule has 5 nitrogen and oxygen atoms in total. The maximum Gasteiger partial charge on any atom is 0.500 e. The summed E-state index contributed by atoms with van der Waals surface area (Å²) in [4.78, 5) is 11.1. The van der Waals surface area contributed by atoms with Crippen LogP contribution in [0.1, 0.15) is 39.0 Å². The van der Waals surface area contributed by atoms with Gasteiger partial charge in [-0.15, -0.1) is 0 Å². The van der Waals surface area contributed by atoms with Gasteiger partial charge in [-0.2, -0.15) is 0 Å². The van der Waals surface area contributed by atoms with Gasteiger partial charge in [0.05, 0.1) is 6.61 Å². The predicted molar refractivity (Wildman–Crippen MR) is 80.4 cm³/mol. The molecule has 0 unspecified atom stereocenters. The average molecular weight is 304 g/mol. The molecule has 0 aliphatic heterocycles. The molecule has 0 aliphatic rings. The summed E-state index contributed by atoms with van der Waals surface area (Å²) in [7, 11) is 2.50. The molecule has 6 heteroatoms. The number of carbonyl (C=O) groups excluding carboxylic acids is 1. The molecule has 0 saturated carbocycles. The monoisotopic (exact) mass is 304 g/mol. The highest BCUT2D eigenvalue weighted by Crippen LogP contribution is 2.17. The molecule has 0 radical (unpaired) electrons. The number of hydrogen-bond acceptors (Lipinski definition) is 5. The van der Waals surface area contributed by atoms with Crippen LogP contribution in [0.3, 0.4) is 0 Å². The Bertz CT molecular complexity index is 281. The van der Waals surface area contributed by atoms with Crippen molar-refractivity contribution < 1.29 is 22.8 Å². The first kappa shape index (κ1) is 19.3. The summed E-state index contributed by atoms with van der Waals surface area (Å²) in [5, 5.41) is 0. The van der Waals surface area contributed by atoms with Gasteiger partial charge in [0.1, 0.15) is 0 Å². The summed E-state index contributed by atoms with van der Waals surface area (Å²) in [6.07, 6.45) is 5.16. The summed E-state index contributed by atoms with van der Waals surface area (Å²) in [5.41, 5.74) is 0.449. The van der Waals surface area contributed by atoms with Gasteiger partial charge in [0, 0.05) is 32.9 Å². The average Bonchev–Trinajstić information content (AvgIpc) is 2.46. The highest BCUT2D eigenvalue weighted by atomic mass is 28.4. The minimum atomic E-state index is -2.40. The van der Waals surface area contributed by atoms with E-state index in [1.807, 2.05) is 0 Å². The van der Waals surface area contributed by atoms with Crippen LogP contribution in [0.2, 0.25) is 6.04 Å². The van der Waals surface area contributed by atoms with Crippen LogP contribution in [-0.2, 0) is 22.8 Å². The van der Waals surface area contributed by atoms with Crippen molar-refractivity contribution in [1.82, 2.24) is 0 Å². The molecule has 20 heavy (non-hydrogen) atoms. The molecule has 0 aromatic heterocycles. The zero-order chi connectivity index (χ0) is 15.4. The smallest absolute Gasteiger partial charge is 0.462 e. The number of esters is 1. The van der Waals surface area contributed by atoms with E-state index in [2.05, 4.69) is 6.58 Å². The van der Waals surface area contributed by atoms with Gasteiger partial charge in [0.25, 0.3) is 0 Å². The van der Waals surface area contributed by atoms with E-state index in [0.717, 1.165) is 38.1 Å². The second-order valence-corrected chi connectivity index (χ2v) is 7.82. The van der Waals surface area contributed by atoms with Crippen molar-refractivity contribution in [3.05, 3.63) is 12.2 Å². The summed E-state index contributed by atoms with van der Waals surface area (Å²) < 4.78 is 21.1. The Morgan fingerprint density at radius 1 is 0.950 bits per heavy atom. The lowest BCUT2D eigenvalue weighted by Crippen LogP contribution is -2.42. The largest absolute Gasteiger partial charge is 0.500 e. The molecule has 0 bridgehead atoms. The van der Waals surface area contributed by atoms with Crippen LogP contribution in [0, 0.1) is 0 Å². The normalized spacial score (nSPS) is 11.4. The predicted octanol–water partition coefficient (Wildman–Crippen LogP) is 2.93. The fourth-order valence-corrected chi connectivity index (χ4v) is 3.61. The minimum Gasteiger partial charge on any atom is -0.462 e. The highest BCUT2D eigenvalue weighted by Gasteiger charge is 2.36. The first-order chi connectivity index (χ1) is 9.51. The maximum atomic E-state index is 11.1. The maximum absolute atomic E-state index is 11.1.